The van der Waals surface area contributed by atoms with E-state index < -0.39 is 12.0 Å². The lowest BCUT2D eigenvalue weighted by Gasteiger charge is -2.18. The Hall–Kier alpha value is -0.610. The van der Waals surface area contributed by atoms with Crippen LogP contribution in [0.5, 0.6) is 0 Å². The van der Waals surface area contributed by atoms with Crippen molar-refractivity contribution in [2.75, 3.05) is 6.61 Å². The van der Waals surface area contributed by atoms with Gasteiger partial charge >= 0.3 is 5.97 Å². The maximum atomic E-state index is 11.0. The molecule has 0 saturated carbocycles. The molecular formula is C8H17NO3. The molecule has 12 heavy (non-hydrogen) atoms. The summed E-state index contributed by atoms with van der Waals surface area (Å²) >= 11 is 0. The number of aliphatic hydroxyl groups excluding tert-OH is 1. The highest BCUT2D eigenvalue weighted by atomic mass is 16.5. The molecule has 2 atom stereocenters. The number of ether oxygens (including phenoxy) is 1. The van der Waals surface area contributed by atoms with Crippen LogP contribution in [0.2, 0.25) is 0 Å². The molecule has 3 N–H and O–H groups in total. The van der Waals surface area contributed by atoms with Crippen molar-refractivity contribution in [1.82, 2.24) is 0 Å². The number of hydrogen-bond acceptors (Lipinski definition) is 4. The van der Waals surface area contributed by atoms with Crippen molar-refractivity contribution in [3.05, 3.63) is 0 Å². The van der Waals surface area contributed by atoms with Crippen molar-refractivity contribution < 1.29 is 14.6 Å². The lowest BCUT2D eigenvalue weighted by molar-refractivity contribution is -0.152. The van der Waals surface area contributed by atoms with E-state index in [1.54, 1.807) is 6.92 Å². The molecule has 4 heteroatoms. The van der Waals surface area contributed by atoms with E-state index in [0.717, 1.165) is 0 Å². The van der Waals surface area contributed by atoms with Gasteiger partial charge in [-0.3, -0.25) is 4.79 Å². The predicted octanol–water partition coefficient (Wildman–Crippen LogP) is -0.106. The summed E-state index contributed by atoms with van der Waals surface area (Å²) in [7, 11) is 0. The van der Waals surface area contributed by atoms with Crippen molar-refractivity contribution >= 4 is 5.97 Å². The molecule has 0 spiro atoms. The topological polar surface area (TPSA) is 72.5 Å². The molecule has 4 nitrogen and oxygen atoms in total. The monoisotopic (exact) mass is 175 g/mol. The number of hydrogen-bond donors (Lipinski definition) is 2. The fourth-order valence-corrected chi connectivity index (χ4v) is 0.481. The van der Waals surface area contributed by atoms with E-state index in [9.17, 15) is 4.79 Å². The Morgan fingerprint density at radius 2 is 2.00 bits per heavy atom. The average Bonchev–Trinajstić information content (AvgIpc) is 2.02. The Labute approximate surface area is 72.7 Å². The SMILES string of the molecule is CC(C)C(C)OC(=O)[C@@H](N)CO. The van der Waals surface area contributed by atoms with Gasteiger partial charge in [-0.05, 0) is 12.8 Å². The summed E-state index contributed by atoms with van der Waals surface area (Å²) < 4.78 is 4.94. The van der Waals surface area contributed by atoms with Gasteiger partial charge in [0.15, 0.2) is 0 Å². The second kappa shape index (κ2) is 5.11. The van der Waals surface area contributed by atoms with E-state index in [0.29, 0.717) is 0 Å². The van der Waals surface area contributed by atoms with Crippen LogP contribution in [0.1, 0.15) is 20.8 Å². The Bertz CT molecular complexity index is 147. The van der Waals surface area contributed by atoms with E-state index in [-0.39, 0.29) is 18.6 Å². The first kappa shape index (κ1) is 11.4. The summed E-state index contributed by atoms with van der Waals surface area (Å²) in [5.74, 6) is -0.279. The molecule has 0 radical (unpaired) electrons. The summed E-state index contributed by atoms with van der Waals surface area (Å²) in [6.07, 6.45) is -0.157. The first-order valence-electron chi connectivity index (χ1n) is 4.06. The fraction of sp³-hybridized carbons (Fsp3) is 0.875. The molecule has 0 aliphatic rings. The van der Waals surface area contributed by atoms with Crippen molar-refractivity contribution in [3.8, 4) is 0 Å². The Morgan fingerprint density at radius 1 is 1.50 bits per heavy atom. The minimum Gasteiger partial charge on any atom is -0.461 e. The van der Waals surface area contributed by atoms with Gasteiger partial charge in [-0.1, -0.05) is 13.8 Å². The number of aliphatic hydroxyl groups is 1. The number of carbonyl (C=O) groups excluding carboxylic acids is 1. The van der Waals surface area contributed by atoms with Gasteiger partial charge in [0.25, 0.3) is 0 Å². The highest BCUT2D eigenvalue weighted by molar-refractivity contribution is 5.75. The third-order valence-corrected chi connectivity index (χ3v) is 1.74. The van der Waals surface area contributed by atoms with Crippen molar-refractivity contribution in [3.63, 3.8) is 0 Å². The van der Waals surface area contributed by atoms with Gasteiger partial charge in [0, 0.05) is 0 Å². The number of nitrogens with two attached hydrogens (primary N) is 1. The van der Waals surface area contributed by atoms with Crippen LogP contribution in [0.15, 0.2) is 0 Å². The minimum atomic E-state index is -0.911. The van der Waals surface area contributed by atoms with Gasteiger partial charge in [0.1, 0.15) is 12.1 Å². The van der Waals surface area contributed by atoms with Crippen LogP contribution >= 0.6 is 0 Å². The van der Waals surface area contributed by atoms with Gasteiger partial charge in [-0.2, -0.15) is 0 Å². The van der Waals surface area contributed by atoms with Crippen LogP contribution in [0.3, 0.4) is 0 Å². The van der Waals surface area contributed by atoms with Gasteiger partial charge in [-0.25, -0.2) is 0 Å². The molecule has 0 saturated heterocycles. The zero-order chi connectivity index (χ0) is 9.72. The van der Waals surface area contributed by atoms with E-state index in [4.69, 9.17) is 15.6 Å². The summed E-state index contributed by atoms with van der Waals surface area (Å²) in [6.45, 7) is 5.32. The van der Waals surface area contributed by atoms with Crippen LogP contribution in [0, 0.1) is 5.92 Å². The smallest absolute Gasteiger partial charge is 0.325 e. The van der Waals surface area contributed by atoms with Crippen LogP contribution in [0.4, 0.5) is 0 Å². The molecule has 0 aliphatic carbocycles. The van der Waals surface area contributed by atoms with Gasteiger partial charge in [0.2, 0.25) is 0 Å². The van der Waals surface area contributed by atoms with Gasteiger partial charge in [0.05, 0.1) is 6.61 Å². The third-order valence-electron chi connectivity index (χ3n) is 1.74. The highest BCUT2D eigenvalue weighted by Gasteiger charge is 2.18. The molecule has 0 aromatic carbocycles. The average molecular weight is 175 g/mol. The molecule has 1 unspecified atom stereocenters. The highest BCUT2D eigenvalue weighted by Crippen LogP contribution is 2.05. The summed E-state index contributed by atoms with van der Waals surface area (Å²) in [6, 6.07) is -0.911. The Morgan fingerprint density at radius 3 is 2.33 bits per heavy atom. The van der Waals surface area contributed by atoms with Crippen LogP contribution in [-0.2, 0) is 9.53 Å². The molecule has 0 aromatic heterocycles. The fourth-order valence-electron chi connectivity index (χ4n) is 0.481. The third kappa shape index (κ3) is 3.69. The zero-order valence-electron chi connectivity index (χ0n) is 7.78. The quantitative estimate of drug-likeness (QED) is 0.585. The van der Waals surface area contributed by atoms with E-state index in [2.05, 4.69) is 0 Å². The van der Waals surface area contributed by atoms with Crippen molar-refractivity contribution in [1.29, 1.82) is 0 Å². The maximum absolute atomic E-state index is 11.0. The second-order valence-corrected chi connectivity index (χ2v) is 3.18. The molecule has 0 aliphatic heterocycles. The van der Waals surface area contributed by atoms with Crippen LogP contribution in [0.25, 0.3) is 0 Å². The van der Waals surface area contributed by atoms with Gasteiger partial charge < -0.3 is 15.6 Å². The maximum Gasteiger partial charge on any atom is 0.325 e. The minimum absolute atomic E-state index is 0.157. The number of rotatable bonds is 4. The lowest BCUT2D eigenvalue weighted by Crippen LogP contribution is -2.38. The van der Waals surface area contributed by atoms with E-state index in [1.165, 1.54) is 0 Å². The second-order valence-electron chi connectivity index (χ2n) is 3.18. The van der Waals surface area contributed by atoms with Gasteiger partial charge in [-0.15, -0.1) is 0 Å². The van der Waals surface area contributed by atoms with E-state index >= 15 is 0 Å². The first-order valence-corrected chi connectivity index (χ1v) is 4.06. The summed E-state index contributed by atoms with van der Waals surface area (Å²) in [5, 5.41) is 8.53. The Kier molecular flexibility index (Phi) is 4.85. The summed E-state index contributed by atoms with van der Waals surface area (Å²) in [5.41, 5.74) is 5.24. The first-order chi connectivity index (χ1) is 5.49. The predicted molar refractivity (Wildman–Crippen MR) is 45.5 cm³/mol. The van der Waals surface area contributed by atoms with E-state index in [1.807, 2.05) is 13.8 Å². The molecular weight excluding hydrogens is 158 g/mol. The zero-order valence-corrected chi connectivity index (χ0v) is 7.78. The number of esters is 1. The lowest BCUT2D eigenvalue weighted by atomic mass is 10.1. The van der Waals surface area contributed by atoms with Crippen molar-refractivity contribution in [2.45, 2.75) is 32.9 Å². The summed E-state index contributed by atoms with van der Waals surface area (Å²) in [4.78, 5) is 11.0. The molecule has 72 valence electrons. The standard InChI is InChI=1S/C8H17NO3/c1-5(2)6(3)12-8(11)7(9)4-10/h5-7,10H,4,9H2,1-3H3/t6?,7-/m0/s1. The molecule has 0 fully saturated rings. The molecule has 0 rings (SSSR count). The van der Waals surface area contributed by atoms with Crippen molar-refractivity contribution in [2.24, 2.45) is 11.7 Å². The molecule has 0 bridgehead atoms. The Balaban J connectivity index is 3.84. The van der Waals surface area contributed by atoms with Crippen LogP contribution < -0.4 is 5.73 Å². The normalized spacial score (nSPS) is 15.8. The largest absolute Gasteiger partial charge is 0.461 e. The molecule has 0 amide bonds. The number of carbonyl (C=O) groups is 1. The molecule has 0 aromatic rings. The molecule has 0 heterocycles. The van der Waals surface area contributed by atoms with Crippen LogP contribution in [-0.4, -0.2) is 29.8 Å².